The Hall–Kier alpha value is -3.15. The van der Waals surface area contributed by atoms with Gasteiger partial charge in [0, 0.05) is 19.3 Å². The first-order valence-electron chi connectivity index (χ1n) is 23.5. The van der Waals surface area contributed by atoms with Gasteiger partial charge in [0.1, 0.15) is 13.2 Å². The van der Waals surface area contributed by atoms with E-state index in [1.54, 1.807) is 0 Å². The van der Waals surface area contributed by atoms with Gasteiger partial charge in [0.05, 0.1) is 0 Å². The molecular weight excluding hydrogens is 709 g/mol. The monoisotopic (exact) mass is 795 g/mol. The van der Waals surface area contributed by atoms with Gasteiger partial charge in [-0.25, -0.2) is 0 Å². The second-order valence-electron chi connectivity index (χ2n) is 15.3. The van der Waals surface area contributed by atoms with Gasteiger partial charge < -0.3 is 14.2 Å². The van der Waals surface area contributed by atoms with Gasteiger partial charge in [-0.1, -0.05) is 171 Å². The Bertz CT molecular complexity index is 1100. The fourth-order valence-electron chi connectivity index (χ4n) is 6.13. The van der Waals surface area contributed by atoms with Crippen molar-refractivity contribution in [3.63, 3.8) is 0 Å². The fourth-order valence-corrected chi connectivity index (χ4v) is 6.13. The molecule has 0 aromatic heterocycles. The van der Waals surface area contributed by atoms with E-state index in [2.05, 4.69) is 93.7 Å². The molecule has 0 rings (SSSR count). The third-order valence-corrected chi connectivity index (χ3v) is 9.69. The molecule has 0 saturated heterocycles. The Kier molecular flexibility index (Phi) is 43.0. The summed E-state index contributed by atoms with van der Waals surface area (Å²) >= 11 is 0. The Morgan fingerprint density at radius 3 is 1.25 bits per heavy atom. The van der Waals surface area contributed by atoms with Crippen molar-refractivity contribution in [1.82, 2.24) is 0 Å². The van der Waals surface area contributed by atoms with Gasteiger partial charge >= 0.3 is 17.9 Å². The zero-order valence-corrected chi connectivity index (χ0v) is 37.1. The summed E-state index contributed by atoms with van der Waals surface area (Å²) in [5, 5.41) is 0. The van der Waals surface area contributed by atoms with Crippen molar-refractivity contribution in [1.29, 1.82) is 0 Å². The van der Waals surface area contributed by atoms with E-state index in [1.165, 1.54) is 57.8 Å². The molecule has 0 saturated carbocycles. The van der Waals surface area contributed by atoms with E-state index >= 15 is 0 Å². The lowest BCUT2D eigenvalue weighted by molar-refractivity contribution is -0.167. The van der Waals surface area contributed by atoms with E-state index in [0.29, 0.717) is 19.3 Å². The van der Waals surface area contributed by atoms with Crippen LogP contribution < -0.4 is 0 Å². The van der Waals surface area contributed by atoms with E-state index in [0.717, 1.165) is 116 Å². The summed E-state index contributed by atoms with van der Waals surface area (Å²) in [5.41, 5.74) is 0. The number of hydrogen-bond donors (Lipinski definition) is 0. The summed E-state index contributed by atoms with van der Waals surface area (Å²) in [6, 6.07) is 0. The highest BCUT2D eigenvalue weighted by Gasteiger charge is 2.19. The predicted octanol–water partition coefficient (Wildman–Crippen LogP) is 15.1. The summed E-state index contributed by atoms with van der Waals surface area (Å²) in [6.07, 6.45) is 55.9. The smallest absolute Gasteiger partial charge is 0.306 e. The minimum atomic E-state index is -0.794. The van der Waals surface area contributed by atoms with Crippen LogP contribution in [0.2, 0.25) is 0 Å². The highest BCUT2D eigenvalue weighted by atomic mass is 16.6. The molecule has 0 radical (unpaired) electrons. The first-order chi connectivity index (χ1) is 28.0. The second-order valence-corrected chi connectivity index (χ2v) is 15.3. The summed E-state index contributed by atoms with van der Waals surface area (Å²) in [4.78, 5) is 37.8. The van der Waals surface area contributed by atoms with Crippen molar-refractivity contribution in [2.75, 3.05) is 13.2 Å². The van der Waals surface area contributed by atoms with Crippen LogP contribution in [0.15, 0.2) is 72.9 Å². The number of esters is 3. The van der Waals surface area contributed by atoms with Crippen molar-refractivity contribution in [3.05, 3.63) is 72.9 Å². The molecule has 1 atom stereocenters. The molecule has 0 amide bonds. The van der Waals surface area contributed by atoms with Crippen LogP contribution in [0.4, 0.5) is 0 Å². The minimum absolute atomic E-state index is 0.0952. The standard InChI is InChI=1S/C51H86O6/c1-4-7-10-13-16-19-22-24-26-28-29-32-35-38-41-44-50(53)56-47-48(46-55-49(52)43-40-37-34-31-21-18-15-12-9-6-3)57-51(54)45-42-39-36-33-30-27-25-23-20-17-14-11-8-5-2/h8,11,15-20,22,24-25,27,48H,4-7,9-10,12-14,21,23,26,28-47H2,1-3H3/b11-8-,18-15-,19-16-,20-17-,24-22-,27-25-. The van der Waals surface area contributed by atoms with Crippen LogP contribution in [-0.2, 0) is 28.6 Å². The molecule has 326 valence electrons. The fraction of sp³-hybridized carbons (Fsp3) is 0.706. The van der Waals surface area contributed by atoms with Gasteiger partial charge in [0.2, 0.25) is 0 Å². The zero-order valence-electron chi connectivity index (χ0n) is 37.1. The number of unbranched alkanes of at least 4 members (excludes halogenated alkanes) is 19. The maximum Gasteiger partial charge on any atom is 0.306 e. The molecule has 0 heterocycles. The third-order valence-electron chi connectivity index (χ3n) is 9.69. The number of hydrogen-bond acceptors (Lipinski definition) is 6. The molecule has 0 aromatic rings. The Morgan fingerprint density at radius 2 is 0.754 bits per heavy atom. The molecule has 1 unspecified atom stereocenters. The van der Waals surface area contributed by atoms with Crippen molar-refractivity contribution >= 4 is 17.9 Å². The summed E-state index contributed by atoms with van der Waals surface area (Å²) < 4.78 is 16.7. The number of ether oxygens (including phenoxy) is 3. The summed E-state index contributed by atoms with van der Waals surface area (Å²) in [5.74, 6) is -0.947. The molecule has 57 heavy (non-hydrogen) atoms. The summed E-state index contributed by atoms with van der Waals surface area (Å²) in [7, 11) is 0. The highest BCUT2D eigenvalue weighted by molar-refractivity contribution is 5.71. The van der Waals surface area contributed by atoms with Crippen molar-refractivity contribution in [2.45, 2.75) is 219 Å². The van der Waals surface area contributed by atoms with Gasteiger partial charge in [0.25, 0.3) is 0 Å². The Morgan fingerprint density at radius 1 is 0.386 bits per heavy atom. The van der Waals surface area contributed by atoms with Gasteiger partial charge in [-0.3, -0.25) is 14.4 Å². The number of carbonyl (C=O) groups is 3. The molecule has 0 aromatic carbocycles. The van der Waals surface area contributed by atoms with Crippen LogP contribution >= 0.6 is 0 Å². The lowest BCUT2D eigenvalue weighted by atomic mass is 10.1. The molecule has 0 spiro atoms. The van der Waals surface area contributed by atoms with Gasteiger partial charge in [0.15, 0.2) is 6.10 Å². The molecule has 0 N–H and O–H groups in total. The average Bonchev–Trinajstić information content (AvgIpc) is 3.21. The maximum atomic E-state index is 12.7. The Balaban J connectivity index is 4.44. The summed E-state index contributed by atoms with van der Waals surface area (Å²) in [6.45, 7) is 6.39. The number of allylic oxidation sites excluding steroid dienone is 12. The average molecular weight is 795 g/mol. The molecule has 0 aliphatic carbocycles. The van der Waals surface area contributed by atoms with Crippen molar-refractivity contribution in [3.8, 4) is 0 Å². The van der Waals surface area contributed by atoms with Crippen LogP contribution in [0.25, 0.3) is 0 Å². The minimum Gasteiger partial charge on any atom is -0.462 e. The van der Waals surface area contributed by atoms with E-state index in [-0.39, 0.29) is 31.1 Å². The van der Waals surface area contributed by atoms with Crippen LogP contribution in [0.5, 0.6) is 0 Å². The predicted molar refractivity (Wildman–Crippen MR) is 242 cm³/mol. The largest absolute Gasteiger partial charge is 0.462 e. The molecule has 0 aliphatic rings. The van der Waals surface area contributed by atoms with Gasteiger partial charge in [-0.15, -0.1) is 0 Å². The van der Waals surface area contributed by atoms with Crippen LogP contribution in [0, 0.1) is 0 Å². The van der Waals surface area contributed by atoms with Crippen LogP contribution in [0.3, 0.4) is 0 Å². The number of carbonyl (C=O) groups excluding carboxylic acids is 3. The molecule has 0 bridgehead atoms. The first-order valence-corrected chi connectivity index (χ1v) is 23.5. The molecular formula is C51H86O6. The number of rotatable bonds is 41. The molecule has 6 nitrogen and oxygen atoms in total. The maximum absolute atomic E-state index is 12.7. The van der Waals surface area contributed by atoms with Crippen molar-refractivity contribution in [2.24, 2.45) is 0 Å². The van der Waals surface area contributed by atoms with E-state index in [1.807, 2.05) is 0 Å². The molecule has 0 fully saturated rings. The molecule has 0 aliphatic heterocycles. The van der Waals surface area contributed by atoms with E-state index in [4.69, 9.17) is 14.2 Å². The van der Waals surface area contributed by atoms with Gasteiger partial charge in [-0.05, 0) is 96.3 Å². The molecule has 6 heteroatoms. The van der Waals surface area contributed by atoms with Crippen molar-refractivity contribution < 1.29 is 28.6 Å². The van der Waals surface area contributed by atoms with Gasteiger partial charge in [-0.2, -0.15) is 0 Å². The third kappa shape index (κ3) is 43.8. The highest BCUT2D eigenvalue weighted by Crippen LogP contribution is 2.13. The Labute approximate surface area is 351 Å². The van der Waals surface area contributed by atoms with Crippen LogP contribution in [-0.4, -0.2) is 37.2 Å². The quantitative estimate of drug-likeness (QED) is 0.0202. The lowest BCUT2D eigenvalue weighted by Gasteiger charge is -2.18. The van der Waals surface area contributed by atoms with E-state index < -0.39 is 6.10 Å². The van der Waals surface area contributed by atoms with E-state index in [9.17, 15) is 14.4 Å². The zero-order chi connectivity index (χ0) is 41.5. The SMILES string of the molecule is CC/C=C\C/C=C\C/C=C\CCCCCCC(=O)OC(COC(=O)CCCCCC/C=C\CCCC)COC(=O)CCCCCCCC/C=C\C=C/CCCCC. The second kappa shape index (κ2) is 45.6. The first kappa shape index (κ1) is 53.9. The topological polar surface area (TPSA) is 78.9 Å². The van der Waals surface area contributed by atoms with Crippen LogP contribution in [0.1, 0.15) is 213 Å². The lowest BCUT2D eigenvalue weighted by Crippen LogP contribution is -2.30. The normalized spacial score (nSPS) is 12.7.